The molecule has 0 aliphatic carbocycles. The predicted octanol–water partition coefficient (Wildman–Crippen LogP) is 3.80. The van der Waals surface area contributed by atoms with Crippen molar-refractivity contribution in [3.63, 3.8) is 0 Å². The first-order valence-electron chi connectivity index (χ1n) is 8.75. The van der Waals surface area contributed by atoms with E-state index in [1.165, 1.54) is 0 Å². The lowest BCUT2D eigenvalue weighted by Gasteiger charge is -2.16. The Morgan fingerprint density at radius 3 is 2.62 bits per heavy atom. The number of pyridine rings is 1. The fourth-order valence-corrected chi connectivity index (χ4v) is 3.83. The maximum absolute atomic E-state index is 12.3. The highest BCUT2D eigenvalue weighted by molar-refractivity contribution is 6.09. The summed E-state index contributed by atoms with van der Waals surface area (Å²) < 4.78 is 0. The molecule has 0 atom stereocenters. The van der Waals surface area contributed by atoms with Crippen LogP contribution in [0, 0.1) is 0 Å². The van der Waals surface area contributed by atoms with Gasteiger partial charge in [0, 0.05) is 41.2 Å². The van der Waals surface area contributed by atoms with Crippen LogP contribution in [0.1, 0.15) is 12.8 Å². The van der Waals surface area contributed by atoms with E-state index in [9.17, 15) is 9.59 Å². The van der Waals surface area contributed by atoms with Crippen LogP contribution in [0.3, 0.4) is 0 Å². The molecule has 0 bridgehead atoms. The van der Waals surface area contributed by atoms with E-state index in [-0.39, 0.29) is 11.5 Å². The molecular weight excluding hydrogens is 326 g/mol. The Hall–Kier alpha value is -3.34. The molecule has 4 aromatic rings. The number of carbonyl (C=O) groups excluding carboxylic acids is 1. The summed E-state index contributed by atoms with van der Waals surface area (Å²) in [7, 11) is 0. The molecule has 5 nitrogen and oxygen atoms in total. The quantitative estimate of drug-likeness (QED) is 0.581. The molecule has 5 heteroatoms. The minimum Gasteiger partial charge on any atom is -0.353 e. The molecule has 5 rings (SSSR count). The molecule has 26 heavy (non-hydrogen) atoms. The van der Waals surface area contributed by atoms with Gasteiger partial charge < -0.3 is 14.9 Å². The molecule has 0 unspecified atom stereocenters. The number of fused-ring (bicyclic) bond motifs is 3. The van der Waals surface area contributed by atoms with Crippen molar-refractivity contribution in [3.8, 4) is 11.1 Å². The van der Waals surface area contributed by atoms with Gasteiger partial charge in [-0.25, -0.2) is 0 Å². The predicted molar refractivity (Wildman–Crippen MR) is 103 cm³/mol. The van der Waals surface area contributed by atoms with E-state index in [1.54, 1.807) is 6.07 Å². The maximum Gasteiger partial charge on any atom is 0.249 e. The molecule has 2 N–H and O–H groups in total. The summed E-state index contributed by atoms with van der Waals surface area (Å²) in [4.78, 5) is 32.5. The van der Waals surface area contributed by atoms with Crippen LogP contribution in [0.5, 0.6) is 0 Å². The molecule has 3 heterocycles. The SMILES string of the molecule is O=C1CCCN1c1cccc(-c2cc(=O)[nH]c3c2[nH]c2ccccc23)c1. The summed E-state index contributed by atoms with van der Waals surface area (Å²) in [5.74, 6) is 0.156. The Balaban J connectivity index is 1.74. The summed E-state index contributed by atoms with van der Waals surface area (Å²) in [6.45, 7) is 0.749. The highest BCUT2D eigenvalue weighted by atomic mass is 16.2. The first-order chi connectivity index (χ1) is 12.7. The van der Waals surface area contributed by atoms with Crippen LogP contribution < -0.4 is 10.5 Å². The molecule has 2 aromatic carbocycles. The molecule has 1 amide bonds. The second-order valence-electron chi connectivity index (χ2n) is 6.67. The second kappa shape index (κ2) is 5.59. The standard InChI is InChI=1S/C21H17N3O2/c25-18-12-16(21-20(23-18)15-7-1-2-8-17(15)22-21)13-5-3-6-14(11-13)24-10-4-9-19(24)26/h1-3,5-8,11-12,22H,4,9-10H2,(H,23,25). The van der Waals surface area contributed by atoms with Crippen LogP contribution in [0.15, 0.2) is 59.4 Å². The van der Waals surface area contributed by atoms with Gasteiger partial charge in [0.2, 0.25) is 11.5 Å². The average Bonchev–Trinajstić information content (AvgIpc) is 3.25. The number of para-hydroxylation sites is 1. The molecule has 0 radical (unpaired) electrons. The monoisotopic (exact) mass is 343 g/mol. The van der Waals surface area contributed by atoms with Crippen molar-refractivity contribution in [2.24, 2.45) is 0 Å². The zero-order valence-corrected chi connectivity index (χ0v) is 14.1. The molecule has 1 fully saturated rings. The summed E-state index contributed by atoms with van der Waals surface area (Å²) in [6.07, 6.45) is 1.49. The molecule has 2 aromatic heterocycles. The topological polar surface area (TPSA) is 69.0 Å². The smallest absolute Gasteiger partial charge is 0.249 e. The summed E-state index contributed by atoms with van der Waals surface area (Å²) >= 11 is 0. The zero-order chi connectivity index (χ0) is 17.7. The molecule has 1 aliphatic rings. The number of hydrogen-bond donors (Lipinski definition) is 2. The largest absolute Gasteiger partial charge is 0.353 e. The van der Waals surface area contributed by atoms with E-state index in [0.717, 1.165) is 51.7 Å². The fraction of sp³-hybridized carbons (Fsp3) is 0.143. The van der Waals surface area contributed by atoms with Gasteiger partial charge in [-0.1, -0.05) is 30.3 Å². The number of H-pyrrole nitrogens is 2. The Morgan fingerprint density at radius 1 is 0.885 bits per heavy atom. The lowest BCUT2D eigenvalue weighted by Crippen LogP contribution is -2.23. The first kappa shape index (κ1) is 15.0. The van der Waals surface area contributed by atoms with Crippen molar-refractivity contribution in [1.29, 1.82) is 0 Å². The molecule has 128 valence electrons. The minimum absolute atomic E-state index is 0.139. The van der Waals surface area contributed by atoms with E-state index in [0.29, 0.717) is 6.42 Å². The van der Waals surface area contributed by atoms with Gasteiger partial charge in [0.15, 0.2) is 0 Å². The number of nitrogens with zero attached hydrogens (tertiary/aromatic N) is 1. The number of aromatic nitrogens is 2. The van der Waals surface area contributed by atoms with Crippen molar-refractivity contribution in [2.75, 3.05) is 11.4 Å². The Morgan fingerprint density at radius 2 is 1.77 bits per heavy atom. The van der Waals surface area contributed by atoms with Crippen LogP contribution >= 0.6 is 0 Å². The Labute approximate surface area is 149 Å². The van der Waals surface area contributed by atoms with Crippen molar-refractivity contribution < 1.29 is 4.79 Å². The molecule has 1 aliphatic heterocycles. The molecule has 1 saturated heterocycles. The number of anilines is 1. The highest BCUT2D eigenvalue weighted by Crippen LogP contribution is 2.33. The molecule has 0 spiro atoms. The van der Waals surface area contributed by atoms with Crippen LogP contribution in [0.2, 0.25) is 0 Å². The maximum atomic E-state index is 12.3. The van der Waals surface area contributed by atoms with Gasteiger partial charge in [-0.15, -0.1) is 0 Å². The Bertz CT molecular complexity index is 1220. The van der Waals surface area contributed by atoms with Crippen LogP contribution in [0.25, 0.3) is 33.1 Å². The van der Waals surface area contributed by atoms with Gasteiger partial charge in [0.25, 0.3) is 0 Å². The van der Waals surface area contributed by atoms with E-state index in [1.807, 2.05) is 53.4 Å². The zero-order valence-electron chi connectivity index (χ0n) is 14.1. The second-order valence-corrected chi connectivity index (χ2v) is 6.67. The van der Waals surface area contributed by atoms with Gasteiger partial charge in [-0.05, 0) is 30.2 Å². The first-order valence-corrected chi connectivity index (χ1v) is 8.75. The van der Waals surface area contributed by atoms with Gasteiger partial charge in [-0.3, -0.25) is 9.59 Å². The molecular formula is C21H17N3O2. The third kappa shape index (κ3) is 2.24. The highest BCUT2D eigenvalue weighted by Gasteiger charge is 2.22. The number of amides is 1. The summed E-state index contributed by atoms with van der Waals surface area (Å²) in [5.41, 5.74) is 5.20. The summed E-state index contributed by atoms with van der Waals surface area (Å²) in [5, 5.41) is 0.993. The molecule has 0 saturated carbocycles. The van der Waals surface area contributed by atoms with E-state index in [2.05, 4.69) is 9.97 Å². The van der Waals surface area contributed by atoms with Crippen LogP contribution in [0.4, 0.5) is 5.69 Å². The minimum atomic E-state index is -0.139. The third-order valence-corrected chi connectivity index (χ3v) is 5.04. The van der Waals surface area contributed by atoms with E-state index in [4.69, 9.17) is 0 Å². The number of rotatable bonds is 2. The van der Waals surface area contributed by atoms with Crippen molar-refractivity contribution in [1.82, 2.24) is 9.97 Å². The number of nitrogens with one attached hydrogen (secondary N) is 2. The van der Waals surface area contributed by atoms with Crippen molar-refractivity contribution in [3.05, 3.63) is 65.0 Å². The lowest BCUT2D eigenvalue weighted by atomic mass is 10.0. The van der Waals surface area contributed by atoms with Gasteiger partial charge in [0.05, 0.1) is 11.0 Å². The van der Waals surface area contributed by atoms with Crippen molar-refractivity contribution in [2.45, 2.75) is 12.8 Å². The van der Waals surface area contributed by atoms with Gasteiger partial charge in [-0.2, -0.15) is 0 Å². The Kier molecular flexibility index (Phi) is 3.22. The number of carbonyl (C=O) groups is 1. The van der Waals surface area contributed by atoms with E-state index < -0.39 is 0 Å². The van der Waals surface area contributed by atoms with Gasteiger partial charge >= 0.3 is 0 Å². The average molecular weight is 343 g/mol. The normalized spacial score (nSPS) is 14.6. The van der Waals surface area contributed by atoms with Crippen LogP contribution in [-0.2, 0) is 4.79 Å². The number of benzene rings is 2. The number of aromatic amines is 2. The van der Waals surface area contributed by atoms with Crippen molar-refractivity contribution >= 4 is 33.5 Å². The van der Waals surface area contributed by atoms with Gasteiger partial charge in [0.1, 0.15) is 0 Å². The lowest BCUT2D eigenvalue weighted by molar-refractivity contribution is -0.117. The summed E-state index contributed by atoms with van der Waals surface area (Å²) in [6, 6.07) is 17.4. The number of hydrogen-bond acceptors (Lipinski definition) is 2. The fourth-order valence-electron chi connectivity index (χ4n) is 3.83. The van der Waals surface area contributed by atoms with E-state index >= 15 is 0 Å². The van der Waals surface area contributed by atoms with Crippen LogP contribution in [-0.4, -0.2) is 22.4 Å². The third-order valence-electron chi connectivity index (χ3n) is 5.04.